The van der Waals surface area contributed by atoms with Gasteiger partial charge in [-0.1, -0.05) is 6.07 Å². The SMILES string of the molecule is FC(F)(F)Oc1ccc2ncc(-c3cccc(NC4CCC5(CNC5)C4)n3)n2c1. The van der Waals surface area contributed by atoms with E-state index in [1.54, 1.807) is 10.6 Å². The number of anilines is 1. The monoisotopic (exact) mass is 403 g/mol. The molecule has 5 rings (SSSR count). The van der Waals surface area contributed by atoms with Crippen molar-refractivity contribution < 1.29 is 17.9 Å². The lowest BCUT2D eigenvalue weighted by atomic mass is 9.80. The number of alkyl halides is 3. The van der Waals surface area contributed by atoms with Gasteiger partial charge in [0.1, 0.15) is 17.2 Å². The molecule has 1 unspecified atom stereocenters. The van der Waals surface area contributed by atoms with E-state index in [9.17, 15) is 13.2 Å². The number of pyridine rings is 2. The summed E-state index contributed by atoms with van der Waals surface area (Å²) < 4.78 is 43.2. The van der Waals surface area contributed by atoms with Gasteiger partial charge < -0.3 is 15.4 Å². The summed E-state index contributed by atoms with van der Waals surface area (Å²) in [4.78, 5) is 8.94. The molecule has 2 N–H and O–H groups in total. The molecule has 0 bridgehead atoms. The third-order valence-electron chi connectivity index (χ3n) is 5.78. The van der Waals surface area contributed by atoms with Crippen molar-refractivity contribution >= 4 is 11.5 Å². The van der Waals surface area contributed by atoms with Gasteiger partial charge in [0.25, 0.3) is 0 Å². The van der Waals surface area contributed by atoms with Crippen LogP contribution in [-0.4, -0.2) is 39.9 Å². The van der Waals surface area contributed by atoms with Crippen LogP contribution in [0.25, 0.3) is 17.0 Å². The van der Waals surface area contributed by atoms with Crippen LogP contribution in [0.1, 0.15) is 19.3 Å². The number of hydrogen-bond acceptors (Lipinski definition) is 5. The molecule has 3 aromatic rings. The first kappa shape index (κ1) is 18.2. The summed E-state index contributed by atoms with van der Waals surface area (Å²) in [6.45, 7) is 2.17. The van der Waals surface area contributed by atoms with Crippen LogP contribution in [0.4, 0.5) is 19.0 Å². The normalized spacial score (nSPS) is 20.7. The molecule has 29 heavy (non-hydrogen) atoms. The van der Waals surface area contributed by atoms with Crippen molar-refractivity contribution in [2.24, 2.45) is 5.41 Å². The van der Waals surface area contributed by atoms with Gasteiger partial charge in [-0.3, -0.25) is 4.40 Å². The van der Waals surface area contributed by atoms with Gasteiger partial charge in [0, 0.05) is 19.1 Å². The number of ether oxygens (including phenoxy) is 1. The molecule has 4 heterocycles. The molecule has 1 spiro atoms. The first-order chi connectivity index (χ1) is 13.9. The van der Waals surface area contributed by atoms with Gasteiger partial charge in [0.05, 0.1) is 23.8 Å². The van der Waals surface area contributed by atoms with E-state index in [0.29, 0.717) is 28.5 Å². The lowest BCUT2D eigenvalue weighted by molar-refractivity contribution is -0.274. The van der Waals surface area contributed by atoms with Crippen molar-refractivity contribution in [2.45, 2.75) is 31.7 Å². The molecule has 152 valence electrons. The maximum absolute atomic E-state index is 12.6. The fourth-order valence-electron chi connectivity index (χ4n) is 4.34. The Morgan fingerprint density at radius 3 is 2.79 bits per heavy atom. The zero-order valence-corrected chi connectivity index (χ0v) is 15.5. The number of rotatable bonds is 4. The third-order valence-corrected chi connectivity index (χ3v) is 5.78. The van der Waals surface area contributed by atoms with Gasteiger partial charge in [-0.05, 0) is 48.9 Å². The predicted octanol–water partition coefficient (Wildman–Crippen LogP) is 3.85. The predicted molar refractivity (Wildman–Crippen MR) is 102 cm³/mol. The molecule has 0 radical (unpaired) electrons. The first-order valence-corrected chi connectivity index (χ1v) is 9.57. The molecule has 0 amide bonds. The van der Waals surface area contributed by atoms with E-state index in [-0.39, 0.29) is 5.75 Å². The lowest BCUT2D eigenvalue weighted by Gasteiger charge is -2.39. The smallest absolute Gasteiger partial charge is 0.404 e. The van der Waals surface area contributed by atoms with E-state index in [1.165, 1.54) is 24.8 Å². The van der Waals surface area contributed by atoms with E-state index in [2.05, 4.69) is 25.3 Å². The Morgan fingerprint density at radius 2 is 2.07 bits per heavy atom. The highest BCUT2D eigenvalue weighted by Gasteiger charge is 2.43. The average molecular weight is 403 g/mol. The molecule has 0 aromatic carbocycles. The second-order valence-electron chi connectivity index (χ2n) is 7.88. The summed E-state index contributed by atoms with van der Waals surface area (Å²) in [7, 11) is 0. The lowest BCUT2D eigenvalue weighted by Crippen LogP contribution is -2.52. The number of nitrogens with one attached hydrogen (secondary N) is 2. The van der Waals surface area contributed by atoms with Crippen LogP contribution in [-0.2, 0) is 0 Å². The summed E-state index contributed by atoms with van der Waals surface area (Å²) in [6.07, 6.45) is 1.58. The number of hydrogen-bond donors (Lipinski definition) is 2. The number of imidazole rings is 1. The van der Waals surface area contributed by atoms with Crippen molar-refractivity contribution in [3.63, 3.8) is 0 Å². The molecule has 6 nitrogen and oxygen atoms in total. The topological polar surface area (TPSA) is 63.5 Å². The Labute approximate surface area is 165 Å². The van der Waals surface area contributed by atoms with Crippen LogP contribution in [0.15, 0.2) is 42.7 Å². The Kier molecular flexibility index (Phi) is 4.16. The Balaban J connectivity index is 1.40. The zero-order valence-electron chi connectivity index (χ0n) is 15.5. The molecule has 2 aliphatic rings. The minimum Gasteiger partial charge on any atom is -0.404 e. The Bertz CT molecular complexity index is 1040. The van der Waals surface area contributed by atoms with Crippen LogP contribution in [0.2, 0.25) is 0 Å². The maximum Gasteiger partial charge on any atom is 0.573 e. The molecule has 1 aliphatic heterocycles. The third kappa shape index (κ3) is 3.62. The molecule has 1 saturated carbocycles. The number of aromatic nitrogens is 3. The highest BCUT2D eigenvalue weighted by Crippen LogP contribution is 2.42. The van der Waals surface area contributed by atoms with Crippen molar-refractivity contribution in [1.29, 1.82) is 0 Å². The van der Waals surface area contributed by atoms with Gasteiger partial charge in [0.15, 0.2) is 0 Å². The van der Waals surface area contributed by atoms with E-state index in [1.807, 2.05) is 18.2 Å². The number of fused-ring (bicyclic) bond motifs is 1. The van der Waals surface area contributed by atoms with Crippen molar-refractivity contribution in [2.75, 3.05) is 18.4 Å². The molecule has 1 atom stereocenters. The van der Waals surface area contributed by atoms with Crippen LogP contribution >= 0.6 is 0 Å². The quantitative estimate of drug-likeness (QED) is 0.693. The van der Waals surface area contributed by atoms with Crippen molar-refractivity contribution in [3.05, 3.63) is 42.7 Å². The fourth-order valence-corrected chi connectivity index (χ4v) is 4.34. The largest absolute Gasteiger partial charge is 0.573 e. The van der Waals surface area contributed by atoms with E-state index in [4.69, 9.17) is 0 Å². The van der Waals surface area contributed by atoms with Crippen LogP contribution in [0.5, 0.6) is 5.75 Å². The molecular weight excluding hydrogens is 383 g/mol. The molecular formula is C20H20F3N5O. The fraction of sp³-hybridized carbons (Fsp3) is 0.400. The minimum atomic E-state index is -4.74. The molecule has 1 saturated heterocycles. The van der Waals surface area contributed by atoms with Gasteiger partial charge in [-0.2, -0.15) is 0 Å². The van der Waals surface area contributed by atoms with Gasteiger partial charge >= 0.3 is 6.36 Å². The molecule has 3 aromatic heterocycles. The maximum atomic E-state index is 12.6. The van der Waals surface area contributed by atoms with E-state index >= 15 is 0 Å². The summed E-state index contributed by atoms with van der Waals surface area (Å²) in [5, 5.41) is 6.87. The average Bonchev–Trinajstić information content (AvgIpc) is 3.24. The van der Waals surface area contributed by atoms with Crippen LogP contribution in [0.3, 0.4) is 0 Å². The van der Waals surface area contributed by atoms with E-state index < -0.39 is 6.36 Å². The Hall–Kier alpha value is -2.81. The van der Waals surface area contributed by atoms with Crippen LogP contribution in [0, 0.1) is 5.41 Å². The van der Waals surface area contributed by atoms with Crippen molar-refractivity contribution in [3.8, 4) is 17.1 Å². The van der Waals surface area contributed by atoms with Gasteiger partial charge in [-0.25, -0.2) is 9.97 Å². The zero-order chi connectivity index (χ0) is 20.1. The summed E-state index contributed by atoms with van der Waals surface area (Å²) >= 11 is 0. The minimum absolute atomic E-state index is 0.302. The second-order valence-corrected chi connectivity index (χ2v) is 7.88. The van der Waals surface area contributed by atoms with Crippen LogP contribution < -0.4 is 15.4 Å². The summed E-state index contributed by atoms with van der Waals surface area (Å²) in [5.74, 6) is 0.457. The van der Waals surface area contributed by atoms with Crippen molar-refractivity contribution in [1.82, 2.24) is 19.7 Å². The number of nitrogens with zero attached hydrogens (tertiary/aromatic N) is 3. The summed E-state index contributed by atoms with van der Waals surface area (Å²) in [6, 6.07) is 8.73. The summed E-state index contributed by atoms with van der Waals surface area (Å²) in [5.41, 5.74) is 2.18. The molecule has 2 fully saturated rings. The number of halogens is 3. The highest BCUT2D eigenvalue weighted by molar-refractivity contribution is 5.62. The standard InChI is InChI=1S/C20H20F3N5O/c21-20(22,23)29-14-4-5-18-25-9-16(28(18)10-14)15-2-1-3-17(27-15)26-13-6-7-19(8-13)11-24-12-19/h1-5,9-10,13,24H,6-8,11-12H2,(H,26,27). The van der Waals surface area contributed by atoms with Gasteiger partial charge in [-0.15, -0.1) is 13.2 Å². The highest BCUT2D eigenvalue weighted by atomic mass is 19.4. The molecule has 9 heteroatoms. The van der Waals surface area contributed by atoms with E-state index in [0.717, 1.165) is 31.7 Å². The molecule has 1 aliphatic carbocycles. The van der Waals surface area contributed by atoms with Gasteiger partial charge in [0.2, 0.25) is 0 Å². The Morgan fingerprint density at radius 1 is 1.21 bits per heavy atom. The first-order valence-electron chi connectivity index (χ1n) is 9.57. The second kappa shape index (κ2) is 6.62.